The van der Waals surface area contributed by atoms with Gasteiger partial charge in [-0.25, -0.2) is 16.8 Å². The van der Waals surface area contributed by atoms with Gasteiger partial charge in [0.15, 0.2) is 42.7 Å². The summed E-state index contributed by atoms with van der Waals surface area (Å²) in [6, 6.07) is 31.5. The summed E-state index contributed by atoms with van der Waals surface area (Å²) in [5, 5.41) is 2.57. The molecular weight excluding hydrogens is 833 g/mol. The van der Waals surface area contributed by atoms with Gasteiger partial charge in [0.1, 0.15) is 11.5 Å². The van der Waals surface area contributed by atoms with Crippen molar-refractivity contribution < 1.29 is 54.7 Å². The molecule has 0 unspecified atom stereocenters. The SMILES string of the molecule is COc1ccc(S(=O)(=O)/C=C2\c3ccccc3-c3cc(OC)c(OC)c(OC)c32)cc1.COc1ccc(S(=O)(=O)/C=C2\c3ccccc3-c3cc(OC)c(OC)c(OC)c32)cc1. The third-order valence-corrected chi connectivity index (χ3v) is 13.5. The van der Waals surface area contributed by atoms with Crippen molar-refractivity contribution in [2.75, 3.05) is 56.9 Å². The second-order valence-electron chi connectivity index (χ2n) is 13.7. The van der Waals surface area contributed by atoms with Gasteiger partial charge in [0.25, 0.3) is 0 Å². The molecule has 2 aliphatic carbocycles. The van der Waals surface area contributed by atoms with Crippen LogP contribution in [-0.4, -0.2) is 73.7 Å². The molecule has 8 rings (SSSR count). The van der Waals surface area contributed by atoms with E-state index in [2.05, 4.69) is 0 Å². The average molecular weight is 877 g/mol. The van der Waals surface area contributed by atoms with E-state index >= 15 is 0 Å². The van der Waals surface area contributed by atoms with Crippen LogP contribution in [0.3, 0.4) is 0 Å². The number of hydrogen-bond acceptors (Lipinski definition) is 12. The average Bonchev–Trinajstić information content (AvgIpc) is 3.78. The zero-order valence-corrected chi connectivity index (χ0v) is 36.9. The molecule has 2 aliphatic rings. The van der Waals surface area contributed by atoms with E-state index in [4.69, 9.17) is 37.9 Å². The highest BCUT2D eigenvalue weighted by Gasteiger charge is 2.34. The van der Waals surface area contributed by atoms with Crippen LogP contribution >= 0.6 is 0 Å². The van der Waals surface area contributed by atoms with Crippen molar-refractivity contribution in [1.82, 2.24) is 0 Å². The van der Waals surface area contributed by atoms with E-state index in [1.54, 1.807) is 38.5 Å². The number of ether oxygens (including phenoxy) is 8. The summed E-state index contributed by atoms with van der Waals surface area (Å²) in [6.45, 7) is 0. The van der Waals surface area contributed by atoms with Crippen molar-refractivity contribution in [2.45, 2.75) is 9.79 Å². The summed E-state index contributed by atoms with van der Waals surface area (Å²) in [5.74, 6) is 3.84. The predicted octanol–water partition coefficient (Wildman–Crippen LogP) is 9.13. The zero-order valence-electron chi connectivity index (χ0n) is 35.3. The minimum Gasteiger partial charge on any atom is -0.497 e. The van der Waals surface area contributed by atoms with E-state index in [0.717, 1.165) is 33.4 Å². The molecule has 0 amide bonds. The van der Waals surface area contributed by atoms with Gasteiger partial charge in [-0.2, -0.15) is 0 Å². The molecule has 6 aromatic carbocycles. The number of rotatable bonds is 12. The maximum Gasteiger partial charge on any atom is 0.203 e. The normalized spacial score (nSPS) is 13.5. The van der Waals surface area contributed by atoms with Crippen molar-refractivity contribution in [1.29, 1.82) is 0 Å². The molecule has 0 spiro atoms. The van der Waals surface area contributed by atoms with E-state index in [-0.39, 0.29) is 9.79 Å². The fourth-order valence-electron chi connectivity index (χ4n) is 7.67. The van der Waals surface area contributed by atoms with E-state index < -0.39 is 19.7 Å². The first-order chi connectivity index (χ1) is 29.9. The molecule has 0 aromatic heterocycles. The molecule has 6 aromatic rings. The summed E-state index contributed by atoms with van der Waals surface area (Å²) in [7, 11) is 4.74. The van der Waals surface area contributed by atoms with Crippen LogP contribution in [0.4, 0.5) is 0 Å². The van der Waals surface area contributed by atoms with Gasteiger partial charge < -0.3 is 37.9 Å². The number of sulfone groups is 2. The Morgan fingerprint density at radius 3 is 0.968 bits per heavy atom. The molecule has 0 bridgehead atoms. The summed E-state index contributed by atoms with van der Waals surface area (Å²) >= 11 is 0. The van der Waals surface area contributed by atoms with Crippen LogP contribution < -0.4 is 37.9 Å². The van der Waals surface area contributed by atoms with E-state index in [9.17, 15) is 16.8 Å². The summed E-state index contributed by atoms with van der Waals surface area (Å²) in [4.78, 5) is 0.345. The van der Waals surface area contributed by atoms with Gasteiger partial charge in [0.05, 0.1) is 66.7 Å². The van der Waals surface area contributed by atoms with Crippen LogP contribution in [-0.2, 0) is 19.7 Å². The Labute approximate surface area is 361 Å². The quantitative estimate of drug-likeness (QED) is 0.116. The number of methoxy groups -OCH3 is 8. The van der Waals surface area contributed by atoms with Gasteiger partial charge in [-0.15, -0.1) is 0 Å². The highest BCUT2D eigenvalue weighted by molar-refractivity contribution is 7.94. The Morgan fingerprint density at radius 1 is 0.355 bits per heavy atom. The standard InChI is InChI=1S/2C24H22O6S/c2*1-27-15-9-11-16(12-10-15)31(25,26)14-20-18-8-6-5-7-17(18)19-13-21(28-2)23(29-3)24(30-4)22(19)20/h2*5-14H,1-4H3/b2*20-14+. The number of benzene rings is 6. The van der Waals surface area contributed by atoms with Crippen molar-refractivity contribution in [3.05, 3.63) is 142 Å². The molecule has 0 heterocycles. The number of hydrogen-bond donors (Lipinski definition) is 0. The lowest BCUT2D eigenvalue weighted by molar-refractivity contribution is 0.324. The smallest absolute Gasteiger partial charge is 0.203 e. The number of fused-ring (bicyclic) bond motifs is 6. The van der Waals surface area contributed by atoms with Crippen LogP contribution in [0.25, 0.3) is 33.4 Å². The molecule has 0 N–H and O–H groups in total. The molecule has 0 saturated heterocycles. The fraction of sp³-hybridized carbons (Fsp3) is 0.167. The first-order valence-electron chi connectivity index (χ1n) is 19.0. The first kappa shape index (κ1) is 43.2. The predicted molar refractivity (Wildman–Crippen MR) is 238 cm³/mol. The van der Waals surface area contributed by atoms with Crippen LogP contribution in [0.5, 0.6) is 46.0 Å². The highest BCUT2D eigenvalue weighted by Crippen LogP contribution is 2.56. The molecule has 12 nitrogen and oxygen atoms in total. The van der Waals surface area contributed by atoms with E-state index in [0.29, 0.717) is 68.3 Å². The Morgan fingerprint density at radius 2 is 0.677 bits per heavy atom. The van der Waals surface area contributed by atoms with Crippen molar-refractivity contribution in [3.8, 4) is 68.2 Å². The zero-order chi connectivity index (χ0) is 44.3. The van der Waals surface area contributed by atoms with Crippen LogP contribution in [0.15, 0.2) is 130 Å². The van der Waals surface area contributed by atoms with Gasteiger partial charge >= 0.3 is 0 Å². The second-order valence-corrected chi connectivity index (χ2v) is 17.3. The minimum atomic E-state index is -3.76. The molecule has 320 valence electrons. The van der Waals surface area contributed by atoms with Gasteiger partial charge in [0, 0.05) is 33.1 Å². The Kier molecular flexibility index (Phi) is 12.3. The Balaban J connectivity index is 0.000000186. The lowest BCUT2D eigenvalue weighted by Gasteiger charge is -2.17. The van der Waals surface area contributed by atoms with Crippen LogP contribution in [0.1, 0.15) is 22.3 Å². The maximum atomic E-state index is 13.3. The highest BCUT2D eigenvalue weighted by atomic mass is 32.2. The summed E-state index contributed by atoms with van der Waals surface area (Å²) in [5.41, 5.74) is 7.41. The molecule has 0 saturated carbocycles. The van der Waals surface area contributed by atoms with E-state index in [1.165, 1.54) is 77.7 Å². The first-order valence-corrected chi connectivity index (χ1v) is 22.1. The van der Waals surface area contributed by atoms with Crippen LogP contribution in [0.2, 0.25) is 0 Å². The van der Waals surface area contributed by atoms with Gasteiger partial charge in [0.2, 0.25) is 11.5 Å². The Bertz CT molecular complexity index is 2750. The molecular formula is C48H44O12S2. The molecule has 0 aliphatic heterocycles. The third kappa shape index (κ3) is 7.67. The second kappa shape index (κ2) is 17.6. The monoisotopic (exact) mass is 876 g/mol. The summed E-state index contributed by atoms with van der Waals surface area (Å²) < 4.78 is 96.7. The third-order valence-electron chi connectivity index (χ3n) is 10.5. The molecule has 14 heteroatoms. The van der Waals surface area contributed by atoms with Crippen molar-refractivity contribution in [2.24, 2.45) is 0 Å². The molecule has 0 atom stereocenters. The Hall–Kier alpha value is -6.90. The van der Waals surface area contributed by atoms with Gasteiger partial charge in [-0.1, -0.05) is 48.5 Å². The summed E-state index contributed by atoms with van der Waals surface area (Å²) in [6.07, 6.45) is 0. The van der Waals surface area contributed by atoms with Crippen molar-refractivity contribution in [3.63, 3.8) is 0 Å². The minimum absolute atomic E-state index is 0.172. The fourth-order valence-corrected chi connectivity index (χ4v) is 10.1. The van der Waals surface area contributed by atoms with Crippen molar-refractivity contribution >= 4 is 30.8 Å². The maximum absolute atomic E-state index is 13.3. The largest absolute Gasteiger partial charge is 0.497 e. The lowest BCUT2D eigenvalue weighted by atomic mass is 10.0. The lowest BCUT2D eigenvalue weighted by Crippen LogP contribution is -2.01. The van der Waals surface area contributed by atoms with E-state index in [1.807, 2.05) is 60.7 Å². The van der Waals surface area contributed by atoms with Gasteiger partial charge in [-0.3, -0.25) is 0 Å². The van der Waals surface area contributed by atoms with Gasteiger partial charge in [-0.05, 0) is 94.0 Å². The topological polar surface area (TPSA) is 142 Å². The molecule has 0 radical (unpaired) electrons. The molecule has 62 heavy (non-hydrogen) atoms. The molecule has 0 fully saturated rings. The van der Waals surface area contributed by atoms with Crippen LogP contribution in [0, 0.1) is 0 Å².